The van der Waals surface area contributed by atoms with Gasteiger partial charge >= 0.3 is 5.97 Å². The van der Waals surface area contributed by atoms with Crippen molar-refractivity contribution in [2.45, 2.75) is 30.1 Å². The van der Waals surface area contributed by atoms with Gasteiger partial charge in [0.15, 0.2) is 0 Å². The third kappa shape index (κ3) is 4.72. The number of alkyl halides is 2. The Morgan fingerprint density at radius 1 is 1.29 bits per heavy atom. The molecule has 17 heavy (non-hydrogen) atoms. The highest BCUT2D eigenvalue weighted by Gasteiger charge is 2.19. The fraction of sp³-hybridized carbons (Fsp3) is 0.417. The van der Waals surface area contributed by atoms with E-state index in [0.29, 0.717) is 5.56 Å². The van der Waals surface area contributed by atoms with Crippen molar-refractivity contribution in [1.29, 1.82) is 0 Å². The van der Waals surface area contributed by atoms with Crippen LogP contribution in [0.1, 0.15) is 40.4 Å². The lowest BCUT2D eigenvalue weighted by Crippen LogP contribution is -2.23. The van der Waals surface area contributed by atoms with Gasteiger partial charge in [-0.15, -0.1) is 0 Å². The fourth-order valence-corrected chi connectivity index (χ4v) is 3.02. The Bertz CT molecular complexity index is 422. The van der Waals surface area contributed by atoms with Crippen molar-refractivity contribution < 1.29 is 9.53 Å². The van der Waals surface area contributed by atoms with E-state index in [4.69, 9.17) is 4.74 Å². The lowest BCUT2D eigenvalue weighted by molar-refractivity contribution is 0.00694. The van der Waals surface area contributed by atoms with Gasteiger partial charge in [0.25, 0.3) is 0 Å². The van der Waals surface area contributed by atoms with Gasteiger partial charge in [-0.05, 0) is 44.5 Å². The monoisotopic (exact) mass is 426 g/mol. The van der Waals surface area contributed by atoms with Gasteiger partial charge in [0.05, 0.1) is 9.30 Å². The second-order valence-corrected chi connectivity index (χ2v) is 8.45. The first-order valence-corrected chi connectivity index (χ1v) is 7.64. The van der Waals surface area contributed by atoms with E-state index in [0.717, 1.165) is 10.0 Å². The van der Waals surface area contributed by atoms with Crippen LogP contribution in [0.2, 0.25) is 0 Å². The Kier molecular flexibility index (Phi) is 5.22. The summed E-state index contributed by atoms with van der Waals surface area (Å²) in [4.78, 5) is 11.9. The van der Waals surface area contributed by atoms with Crippen LogP contribution in [0.15, 0.2) is 22.7 Å². The van der Waals surface area contributed by atoms with Crippen molar-refractivity contribution in [3.8, 4) is 0 Å². The van der Waals surface area contributed by atoms with E-state index in [1.165, 1.54) is 0 Å². The van der Waals surface area contributed by atoms with Crippen LogP contribution in [0, 0.1) is 0 Å². The second-order valence-electron chi connectivity index (χ2n) is 4.54. The zero-order valence-corrected chi connectivity index (χ0v) is 14.5. The number of halogens is 3. The third-order valence-electron chi connectivity index (χ3n) is 1.87. The molecule has 0 atom stereocenters. The molecular formula is C12H13Br3O2. The van der Waals surface area contributed by atoms with Gasteiger partial charge in [-0.2, -0.15) is 0 Å². The van der Waals surface area contributed by atoms with E-state index in [9.17, 15) is 4.79 Å². The number of ether oxygens (including phenoxy) is 1. The molecular weight excluding hydrogens is 416 g/mol. The number of carbonyl (C=O) groups is 1. The largest absolute Gasteiger partial charge is 0.456 e. The van der Waals surface area contributed by atoms with Gasteiger partial charge in [0.1, 0.15) is 5.60 Å². The van der Waals surface area contributed by atoms with Crippen molar-refractivity contribution in [2.24, 2.45) is 0 Å². The van der Waals surface area contributed by atoms with Gasteiger partial charge in [0.2, 0.25) is 0 Å². The summed E-state index contributed by atoms with van der Waals surface area (Å²) in [5, 5.41) is 0. The predicted molar refractivity (Wildman–Crippen MR) is 79.9 cm³/mol. The average molecular weight is 429 g/mol. The molecule has 1 aromatic carbocycles. The Balaban J connectivity index is 3.00. The minimum absolute atomic E-state index is 0.00763. The Morgan fingerprint density at radius 3 is 2.35 bits per heavy atom. The molecule has 0 fully saturated rings. The Labute approximate surface area is 126 Å². The van der Waals surface area contributed by atoms with E-state index >= 15 is 0 Å². The van der Waals surface area contributed by atoms with E-state index in [2.05, 4.69) is 47.8 Å². The van der Waals surface area contributed by atoms with Crippen molar-refractivity contribution in [3.63, 3.8) is 0 Å². The maximum Gasteiger partial charge on any atom is 0.338 e. The summed E-state index contributed by atoms with van der Waals surface area (Å²) in [6.45, 7) is 5.55. The summed E-state index contributed by atoms with van der Waals surface area (Å²) in [6, 6.07) is 5.38. The van der Waals surface area contributed by atoms with E-state index < -0.39 is 5.60 Å². The van der Waals surface area contributed by atoms with Gasteiger partial charge in [-0.1, -0.05) is 47.8 Å². The molecule has 0 aromatic heterocycles. The number of esters is 1. The van der Waals surface area contributed by atoms with E-state index in [1.807, 2.05) is 26.8 Å². The maximum absolute atomic E-state index is 11.9. The summed E-state index contributed by atoms with van der Waals surface area (Å²) >= 11 is 10.3. The lowest BCUT2D eigenvalue weighted by Gasteiger charge is -2.20. The number of hydrogen-bond acceptors (Lipinski definition) is 2. The molecule has 0 amide bonds. The minimum atomic E-state index is -0.480. The highest BCUT2D eigenvalue weighted by molar-refractivity contribution is 9.24. The normalized spacial score (nSPS) is 11.7. The summed E-state index contributed by atoms with van der Waals surface area (Å²) in [6.07, 6.45) is 0. The van der Waals surface area contributed by atoms with Crippen molar-refractivity contribution in [3.05, 3.63) is 33.8 Å². The molecule has 0 saturated heterocycles. The molecule has 0 heterocycles. The van der Waals surface area contributed by atoms with Crippen LogP contribution in [0.3, 0.4) is 0 Å². The maximum atomic E-state index is 11.9. The fourth-order valence-electron chi connectivity index (χ4n) is 1.17. The quantitative estimate of drug-likeness (QED) is 0.478. The first-order valence-electron chi connectivity index (χ1n) is 5.01. The smallest absolute Gasteiger partial charge is 0.338 e. The van der Waals surface area contributed by atoms with Crippen molar-refractivity contribution in [2.75, 3.05) is 0 Å². The molecule has 0 bridgehead atoms. The third-order valence-corrected chi connectivity index (χ3v) is 3.57. The predicted octanol–water partition coefficient (Wildman–Crippen LogP) is 5.19. The van der Waals surface area contributed by atoms with E-state index in [1.54, 1.807) is 12.1 Å². The van der Waals surface area contributed by atoms with Crippen molar-refractivity contribution in [1.82, 2.24) is 0 Å². The average Bonchev–Trinajstić information content (AvgIpc) is 2.14. The van der Waals surface area contributed by atoms with E-state index in [-0.39, 0.29) is 9.71 Å². The van der Waals surface area contributed by atoms with Crippen LogP contribution in [0.4, 0.5) is 0 Å². The molecule has 1 rings (SSSR count). The van der Waals surface area contributed by atoms with Crippen LogP contribution in [-0.2, 0) is 4.74 Å². The van der Waals surface area contributed by atoms with Crippen LogP contribution < -0.4 is 0 Å². The van der Waals surface area contributed by atoms with Crippen LogP contribution in [0.25, 0.3) is 0 Å². The number of benzene rings is 1. The van der Waals surface area contributed by atoms with Gasteiger partial charge in [0, 0.05) is 4.47 Å². The lowest BCUT2D eigenvalue weighted by atomic mass is 10.1. The number of hydrogen-bond donors (Lipinski definition) is 0. The highest BCUT2D eigenvalue weighted by atomic mass is 79.9. The van der Waals surface area contributed by atoms with Crippen LogP contribution >= 0.6 is 47.8 Å². The van der Waals surface area contributed by atoms with Crippen LogP contribution in [-0.4, -0.2) is 11.6 Å². The summed E-state index contributed by atoms with van der Waals surface area (Å²) in [5.74, 6) is -0.313. The molecule has 0 aliphatic heterocycles. The van der Waals surface area contributed by atoms with Gasteiger partial charge < -0.3 is 4.74 Å². The van der Waals surface area contributed by atoms with Crippen LogP contribution in [0.5, 0.6) is 0 Å². The van der Waals surface area contributed by atoms with Gasteiger partial charge in [-0.3, -0.25) is 0 Å². The SMILES string of the molecule is CC(C)(C)OC(=O)c1ccc(Br)c(C(Br)Br)c1. The Hall–Kier alpha value is 0.130. The summed E-state index contributed by atoms with van der Waals surface area (Å²) in [5.41, 5.74) is 1.02. The molecule has 0 N–H and O–H groups in total. The van der Waals surface area contributed by atoms with Gasteiger partial charge in [-0.25, -0.2) is 4.79 Å². The molecule has 0 aliphatic rings. The highest BCUT2D eigenvalue weighted by Crippen LogP contribution is 2.35. The molecule has 0 unspecified atom stereocenters. The molecule has 5 heteroatoms. The molecule has 0 aliphatic carbocycles. The molecule has 1 aromatic rings. The molecule has 2 nitrogen and oxygen atoms in total. The molecule has 94 valence electrons. The topological polar surface area (TPSA) is 26.3 Å². The molecule has 0 radical (unpaired) electrons. The minimum Gasteiger partial charge on any atom is -0.456 e. The number of rotatable bonds is 2. The Morgan fingerprint density at radius 2 is 1.88 bits per heavy atom. The summed E-state index contributed by atoms with van der Waals surface area (Å²) in [7, 11) is 0. The number of carbonyl (C=O) groups excluding carboxylic acids is 1. The second kappa shape index (κ2) is 5.85. The summed E-state index contributed by atoms with van der Waals surface area (Å²) < 4.78 is 6.24. The zero-order chi connectivity index (χ0) is 13.2. The molecule has 0 saturated carbocycles. The first kappa shape index (κ1) is 15.2. The molecule has 0 spiro atoms. The standard InChI is InChI=1S/C12H13Br3O2/c1-12(2,3)17-11(16)7-4-5-9(13)8(6-7)10(14)15/h4-6,10H,1-3H3. The first-order chi connectivity index (χ1) is 7.70. The zero-order valence-electron chi connectivity index (χ0n) is 9.76. The van der Waals surface area contributed by atoms with Crippen molar-refractivity contribution >= 4 is 53.8 Å².